The summed E-state index contributed by atoms with van der Waals surface area (Å²) in [5.74, 6) is -0.658. The first-order valence-corrected chi connectivity index (χ1v) is 7.12. The lowest BCUT2D eigenvalue weighted by molar-refractivity contribution is -0.117. The van der Waals surface area contributed by atoms with E-state index in [0.29, 0.717) is 11.3 Å². The standard InChI is InChI=1S/C17H15N3O3/c1-11(19-17(22)13-6-8-23-10-13)16(21)20-15-4-2-3-12-9-18-7-5-14(12)15/h2-11H,1H3,(H,19,22)(H,20,21)/t11-/m0/s1. The Kier molecular flexibility index (Phi) is 4.05. The van der Waals surface area contributed by atoms with Crippen molar-refractivity contribution in [1.29, 1.82) is 0 Å². The van der Waals surface area contributed by atoms with Gasteiger partial charge in [0.25, 0.3) is 5.91 Å². The number of hydrogen-bond acceptors (Lipinski definition) is 4. The van der Waals surface area contributed by atoms with Gasteiger partial charge in [0, 0.05) is 28.9 Å². The quantitative estimate of drug-likeness (QED) is 0.776. The van der Waals surface area contributed by atoms with Crippen molar-refractivity contribution in [3.8, 4) is 0 Å². The average molecular weight is 309 g/mol. The molecule has 23 heavy (non-hydrogen) atoms. The zero-order chi connectivity index (χ0) is 16.2. The van der Waals surface area contributed by atoms with Crippen molar-refractivity contribution in [2.75, 3.05) is 5.32 Å². The Labute approximate surface area is 132 Å². The molecule has 2 amide bonds. The highest BCUT2D eigenvalue weighted by Gasteiger charge is 2.18. The molecule has 0 fully saturated rings. The molecule has 0 aliphatic rings. The Hall–Kier alpha value is -3.15. The first kappa shape index (κ1) is 14.8. The van der Waals surface area contributed by atoms with Gasteiger partial charge < -0.3 is 15.1 Å². The van der Waals surface area contributed by atoms with Crippen LogP contribution in [0.2, 0.25) is 0 Å². The Morgan fingerprint density at radius 3 is 2.87 bits per heavy atom. The fourth-order valence-electron chi connectivity index (χ4n) is 2.21. The van der Waals surface area contributed by atoms with Gasteiger partial charge in [0.2, 0.25) is 5.91 Å². The van der Waals surface area contributed by atoms with Gasteiger partial charge in [-0.15, -0.1) is 0 Å². The highest BCUT2D eigenvalue weighted by molar-refractivity contribution is 6.05. The Morgan fingerprint density at radius 2 is 2.09 bits per heavy atom. The number of fused-ring (bicyclic) bond motifs is 1. The molecule has 2 aromatic heterocycles. The molecule has 3 rings (SSSR count). The molecular weight excluding hydrogens is 294 g/mol. The zero-order valence-electron chi connectivity index (χ0n) is 12.4. The molecule has 3 aromatic rings. The summed E-state index contributed by atoms with van der Waals surface area (Å²) in [7, 11) is 0. The Balaban J connectivity index is 1.72. The summed E-state index contributed by atoms with van der Waals surface area (Å²) < 4.78 is 4.85. The number of hydrogen-bond donors (Lipinski definition) is 2. The zero-order valence-corrected chi connectivity index (χ0v) is 12.4. The Morgan fingerprint density at radius 1 is 1.22 bits per heavy atom. The van der Waals surface area contributed by atoms with E-state index in [4.69, 9.17) is 4.42 Å². The Bertz CT molecular complexity index is 838. The molecule has 0 saturated heterocycles. The van der Waals surface area contributed by atoms with E-state index in [0.717, 1.165) is 10.8 Å². The van der Waals surface area contributed by atoms with Gasteiger partial charge in [-0.05, 0) is 25.1 Å². The van der Waals surface area contributed by atoms with Crippen LogP contribution >= 0.6 is 0 Å². The van der Waals surface area contributed by atoms with Gasteiger partial charge in [0.1, 0.15) is 12.3 Å². The summed E-state index contributed by atoms with van der Waals surface area (Å²) in [5, 5.41) is 7.28. The van der Waals surface area contributed by atoms with Crippen LogP contribution in [0, 0.1) is 0 Å². The molecule has 1 aromatic carbocycles. The van der Waals surface area contributed by atoms with Gasteiger partial charge in [-0.25, -0.2) is 0 Å². The van der Waals surface area contributed by atoms with E-state index in [1.807, 2.05) is 24.3 Å². The molecule has 2 heterocycles. The molecule has 6 nitrogen and oxygen atoms in total. The molecule has 0 saturated carbocycles. The molecule has 0 aliphatic carbocycles. The molecule has 0 spiro atoms. The maximum Gasteiger partial charge on any atom is 0.255 e. The maximum atomic E-state index is 12.3. The number of benzene rings is 1. The number of furan rings is 1. The van der Waals surface area contributed by atoms with Crippen molar-refractivity contribution in [1.82, 2.24) is 10.3 Å². The highest BCUT2D eigenvalue weighted by atomic mass is 16.3. The number of rotatable bonds is 4. The number of aromatic nitrogens is 1. The van der Waals surface area contributed by atoms with Crippen LogP contribution < -0.4 is 10.6 Å². The normalized spacial score (nSPS) is 11.9. The smallest absolute Gasteiger partial charge is 0.255 e. The summed E-state index contributed by atoms with van der Waals surface area (Å²) in [6, 6.07) is 8.26. The van der Waals surface area contributed by atoms with E-state index >= 15 is 0 Å². The van der Waals surface area contributed by atoms with E-state index in [1.54, 1.807) is 19.3 Å². The number of carbonyl (C=O) groups excluding carboxylic acids is 2. The number of nitrogens with zero attached hydrogens (tertiary/aromatic N) is 1. The van der Waals surface area contributed by atoms with Crippen LogP contribution in [0.25, 0.3) is 10.8 Å². The van der Waals surface area contributed by atoms with Gasteiger partial charge in [-0.3, -0.25) is 14.6 Å². The fourth-order valence-corrected chi connectivity index (χ4v) is 2.21. The van der Waals surface area contributed by atoms with Crippen molar-refractivity contribution in [3.63, 3.8) is 0 Å². The monoisotopic (exact) mass is 309 g/mol. The first-order chi connectivity index (χ1) is 11.1. The van der Waals surface area contributed by atoms with Gasteiger partial charge in [0.15, 0.2) is 0 Å². The van der Waals surface area contributed by atoms with Crippen molar-refractivity contribution in [3.05, 3.63) is 60.8 Å². The van der Waals surface area contributed by atoms with Crippen molar-refractivity contribution in [2.45, 2.75) is 13.0 Å². The minimum Gasteiger partial charge on any atom is -0.472 e. The van der Waals surface area contributed by atoms with Crippen LogP contribution in [0.4, 0.5) is 5.69 Å². The lowest BCUT2D eigenvalue weighted by Crippen LogP contribution is -2.41. The van der Waals surface area contributed by atoms with E-state index in [-0.39, 0.29) is 11.8 Å². The third kappa shape index (κ3) is 3.21. The summed E-state index contributed by atoms with van der Waals surface area (Å²) in [5.41, 5.74) is 1.06. The van der Waals surface area contributed by atoms with Crippen LogP contribution in [-0.4, -0.2) is 22.8 Å². The van der Waals surface area contributed by atoms with Crippen molar-refractivity contribution in [2.24, 2.45) is 0 Å². The largest absolute Gasteiger partial charge is 0.472 e. The van der Waals surface area contributed by atoms with Crippen LogP contribution in [-0.2, 0) is 4.79 Å². The average Bonchev–Trinajstić information content (AvgIpc) is 3.09. The highest BCUT2D eigenvalue weighted by Crippen LogP contribution is 2.22. The molecule has 0 aliphatic heterocycles. The molecule has 6 heteroatoms. The van der Waals surface area contributed by atoms with Crippen LogP contribution in [0.15, 0.2) is 59.7 Å². The minimum atomic E-state index is -0.686. The van der Waals surface area contributed by atoms with E-state index in [2.05, 4.69) is 15.6 Å². The van der Waals surface area contributed by atoms with Crippen LogP contribution in [0.1, 0.15) is 17.3 Å². The minimum absolute atomic E-state index is 0.300. The van der Waals surface area contributed by atoms with E-state index < -0.39 is 6.04 Å². The first-order valence-electron chi connectivity index (χ1n) is 7.12. The molecule has 2 N–H and O–H groups in total. The topological polar surface area (TPSA) is 84.2 Å². The molecular formula is C17H15N3O3. The molecule has 116 valence electrons. The SMILES string of the molecule is C[C@H](NC(=O)c1ccoc1)C(=O)Nc1cccc2cnccc12. The van der Waals surface area contributed by atoms with E-state index in [9.17, 15) is 9.59 Å². The van der Waals surface area contributed by atoms with Crippen LogP contribution in [0.3, 0.4) is 0 Å². The van der Waals surface area contributed by atoms with Crippen molar-refractivity contribution >= 4 is 28.3 Å². The predicted molar refractivity (Wildman–Crippen MR) is 86.0 cm³/mol. The number of nitrogens with one attached hydrogen (secondary N) is 2. The second kappa shape index (κ2) is 6.31. The third-order valence-corrected chi connectivity index (χ3v) is 3.46. The summed E-state index contributed by atoms with van der Waals surface area (Å²) >= 11 is 0. The molecule has 0 unspecified atom stereocenters. The van der Waals surface area contributed by atoms with Gasteiger partial charge in [-0.2, -0.15) is 0 Å². The number of carbonyl (C=O) groups is 2. The number of anilines is 1. The van der Waals surface area contributed by atoms with Crippen molar-refractivity contribution < 1.29 is 14.0 Å². The lowest BCUT2D eigenvalue weighted by atomic mass is 10.1. The fraction of sp³-hybridized carbons (Fsp3) is 0.118. The van der Waals surface area contributed by atoms with Crippen LogP contribution in [0.5, 0.6) is 0 Å². The van der Waals surface area contributed by atoms with E-state index in [1.165, 1.54) is 18.6 Å². The second-order valence-corrected chi connectivity index (χ2v) is 5.10. The van der Waals surface area contributed by atoms with Gasteiger partial charge >= 0.3 is 0 Å². The number of pyridine rings is 1. The summed E-state index contributed by atoms with van der Waals surface area (Å²) in [4.78, 5) is 28.3. The van der Waals surface area contributed by atoms with Gasteiger partial charge in [-0.1, -0.05) is 12.1 Å². The maximum absolute atomic E-state index is 12.3. The lowest BCUT2D eigenvalue weighted by Gasteiger charge is -2.14. The molecule has 0 radical (unpaired) electrons. The third-order valence-electron chi connectivity index (χ3n) is 3.46. The summed E-state index contributed by atoms with van der Waals surface area (Å²) in [6.07, 6.45) is 6.14. The molecule has 0 bridgehead atoms. The number of amides is 2. The second-order valence-electron chi connectivity index (χ2n) is 5.10. The van der Waals surface area contributed by atoms with Gasteiger partial charge in [0.05, 0.1) is 11.8 Å². The predicted octanol–water partition coefficient (Wildman–Crippen LogP) is 2.58. The molecule has 1 atom stereocenters. The summed E-state index contributed by atoms with van der Waals surface area (Å²) in [6.45, 7) is 1.63.